The van der Waals surface area contributed by atoms with Gasteiger partial charge in [-0.25, -0.2) is 0 Å². The van der Waals surface area contributed by atoms with Crippen LogP contribution in [0.15, 0.2) is 24.4 Å². The Hall–Kier alpha value is -1.22. The van der Waals surface area contributed by atoms with Gasteiger partial charge in [0, 0.05) is 11.6 Å². The average molecular weight is 192 g/mol. The van der Waals surface area contributed by atoms with Crippen LogP contribution in [0.4, 0.5) is 0 Å². The lowest BCUT2D eigenvalue weighted by Crippen LogP contribution is -2.32. The lowest BCUT2D eigenvalue weighted by atomic mass is 9.85. The van der Waals surface area contributed by atoms with Crippen LogP contribution in [0.2, 0.25) is 0 Å². The summed E-state index contributed by atoms with van der Waals surface area (Å²) in [6, 6.07) is 4.79. The van der Waals surface area contributed by atoms with E-state index in [2.05, 4.69) is 4.98 Å². The Labute approximate surface area is 84.3 Å². The summed E-state index contributed by atoms with van der Waals surface area (Å²) in [5.41, 5.74) is 6.02. The first-order valence-electron chi connectivity index (χ1n) is 4.64. The fourth-order valence-corrected chi connectivity index (χ4v) is 1.16. The predicted octanol–water partition coefficient (Wildman–Crippen LogP) is 1.70. The molecule has 0 aliphatic rings. The number of rotatable bonds is 2. The van der Waals surface area contributed by atoms with Gasteiger partial charge in [-0.15, -0.1) is 0 Å². The zero-order valence-corrected chi connectivity index (χ0v) is 8.82. The summed E-state index contributed by atoms with van der Waals surface area (Å²) >= 11 is 0. The minimum absolute atomic E-state index is 0.0104. The van der Waals surface area contributed by atoms with Crippen LogP contribution in [0.5, 0.6) is 0 Å². The van der Waals surface area contributed by atoms with Crippen LogP contribution in [0.1, 0.15) is 32.5 Å². The molecule has 0 aromatic carbocycles. The molecule has 1 unspecified atom stereocenters. The molecule has 3 nitrogen and oxygen atoms in total. The molecule has 1 heterocycles. The van der Waals surface area contributed by atoms with E-state index in [1.807, 2.05) is 26.8 Å². The topological polar surface area (TPSA) is 56.0 Å². The second-order valence-electron chi connectivity index (χ2n) is 4.35. The molecule has 2 N–H and O–H groups in total. The van der Waals surface area contributed by atoms with E-state index >= 15 is 0 Å². The van der Waals surface area contributed by atoms with Crippen molar-refractivity contribution in [3.63, 3.8) is 0 Å². The Bertz CT molecular complexity index is 314. The number of carbonyl (C=O) groups excluding carboxylic acids is 1. The minimum Gasteiger partial charge on any atom is -0.317 e. The van der Waals surface area contributed by atoms with Crippen molar-refractivity contribution in [2.45, 2.75) is 26.8 Å². The van der Waals surface area contributed by atoms with E-state index in [9.17, 15) is 4.79 Å². The second kappa shape index (κ2) is 3.88. The molecular weight excluding hydrogens is 176 g/mol. The first kappa shape index (κ1) is 10.9. The molecule has 0 aliphatic carbocycles. The van der Waals surface area contributed by atoms with E-state index < -0.39 is 11.5 Å². The molecule has 76 valence electrons. The third-order valence-corrected chi connectivity index (χ3v) is 2.03. The van der Waals surface area contributed by atoms with Gasteiger partial charge in [-0.05, 0) is 12.1 Å². The second-order valence-corrected chi connectivity index (χ2v) is 4.35. The normalized spacial score (nSPS) is 13.7. The highest BCUT2D eigenvalue weighted by Crippen LogP contribution is 2.22. The zero-order valence-electron chi connectivity index (χ0n) is 8.82. The first-order valence-corrected chi connectivity index (χ1v) is 4.64. The highest BCUT2D eigenvalue weighted by Gasteiger charge is 2.28. The van der Waals surface area contributed by atoms with Gasteiger partial charge in [-0.3, -0.25) is 9.78 Å². The monoisotopic (exact) mass is 192 g/mol. The quantitative estimate of drug-likeness (QED) is 0.775. The maximum absolute atomic E-state index is 11.8. The molecule has 0 bridgehead atoms. The summed E-state index contributed by atoms with van der Waals surface area (Å²) < 4.78 is 0. The molecule has 0 aliphatic heterocycles. The van der Waals surface area contributed by atoms with E-state index in [0.29, 0.717) is 5.69 Å². The van der Waals surface area contributed by atoms with E-state index in [1.165, 1.54) is 0 Å². The van der Waals surface area contributed by atoms with Crippen LogP contribution < -0.4 is 5.73 Å². The van der Waals surface area contributed by atoms with Crippen molar-refractivity contribution in [3.05, 3.63) is 30.1 Å². The van der Waals surface area contributed by atoms with Crippen molar-refractivity contribution in [2.24, 2.45) is 11.1 Å². The number of ketones is 1. The van der Waals surface area contributed by atoms with Crippen LogP contribution >= 0.6 is 0 Å². The summed E-state index contributed by atoms with van der Waals surface area (Å²) in [6.07, 6.45) is 1.64. The standard InChI is InChI=1S/C11H16N2O/c1-11(2,3)10(14)9(12)8-6-4-5-7-13-8/h4-7,9H,12H2,1-3H3. The molecule has 0 saturated heterocycles. The largest absolute Gasteiger partial charge is 0.317 e. The van der Waals surface area contributed by atoms with Gasteiger partial charge < -0.3 is 5.73 Å². The fourth-order valence-electron chi connectivity index (χ4n) is 1.16. The number of nitrogens with two attached hydrogens (primary N) is 1. The maximum atomic E-state index is 11.8. The highest BCUT2D eigenvalue weighted by atomic mass is 16.1. The van der Waals surface area contributed by atoms with E-state index in [1.54, 1.807) is 18.3 Å². The molecule has 14 heavy (non-hydrogen) atoms. The van der Waals surface area contributed by atoms with Crippen molar-refractivity contribution in [1.29, 1.82) is 0 Å². The molecule has 3 heteroatoms. The van der Waals surface area contributed by atoms with Crippen LogP contribution in [0.3, 0.4) is 0 Å². The molecule has 0 saturated carbocycles. The molecule has 0 amide bonds. The van der Waals surface area contributed by atoms with E-state index in [0.717, 1.165) is 0 Å². The Balaban J connectivity index is 2.87. The Kier molecular flexibility index (Phi) is 3.01. The first-order chi connectivity index (χ1) is 6.43. The number of Topliss-reactive ketones (excluding diaryl/α,β-unsaturated/α-hetero) is 1. The third-order valence-electron chi connectivity index (χ3n) is 2.03. The van der Waals surface area contributed by atoms with Gasteiger partial charge in [-0.2, -0.15) is 0 Å². The van der Waals surface area contributed by atoms with Crippen molar-refractivity contribution in [2.75, 3.05) is 0 Å². The Morgan fingerprint density at radius 3 is 2.50 bits per heavy atom. The van der Waals surface area contributed by atoms with Crippen molar-refractivity contribution in [1.82, 2.24) is 4.98 Å². The summed E-state index contributed by atoms with van der Waals surface area (Å²) in [5, 5.41) is 0. The van der Waals surface area contributed by atoms with E-state index in [-0.39, 0.29) is 5.78 Å². The molecule has 1 aromatic heterocycles. The maximum Gasteiger partial charge on any atom is 0.160 e. The molecular formula is C11H16N2O. The Morgan fingerprint density at radius 1 is 1.43 bits per heavy atom. The molecule has 0 radical (unpaired) electrons. The molecule has 0 spiro atoms. The smallest absolute Gasteiger partial charge is 0.160 e. The number of hydrogen-bond acceptors (Lipinski definition) is 3. The van der Waals surface area contributed by atoms with Gasteiger partial charge in [0.05, 0.1) is 5.69 Å². The number of carbonyl (C=O) groups is 1. The van der Waals surface area contributed by atoms with Gasteiger partial charge in [-0.1, -0.05) is 26.8 Å². The van der Waals surface area contributed by atoms with Gasteiger partial charge in [0.25, 0.3) is 0 Å². The predicted molar refractivity (Wildman–Crippen MR) is 55.6 cm³/mol. The summed E-state index contributed by atoms with van der Waals surface area (Å²) in [6.45, 7) is 5.58. The lowest BCUT2D eigenvalue weighted by molar-refractivity contribution is -0.127. The van der Waals surface area contributed by atoms with Crippen molar-refractivity contribution < 1.29 is 4.79 Å². The highest BCUT2D eigenvalue weighted by molar-refractivity contribution is 5.89. The van der Waals surface area contributed by atoms with Crippen molar-refractivity contribution >= 4 is 5.78 Å². The number of hydrogen-bond donors (Lipinski definition) is 1. The average Bonchev–Trinajstić information content (AvgIpc) is 2.15. The van der Waals surface area contributed by atoms with Gasteiger partial charge in [0.1, 0.15) is 6.04 Å². The summed E-state index contributed by atoms with van der Waals surface area (Å²) in [5.74, 6) is 0.0104. The third kappa shape index (κ3) is 2.39. The number of aromatic nitrogens is 1. The summed E-state index contributed by atoms with van der Waals surface area (Å²) in [4.78, 5) is 15.9. The van der Waals surface area contributed by atoms with E-state index in [4.69, 9.17) is 5.73 Å². The zero-order chi connectivity index (χ0) is 10.8. The van der Waals surface area contributed by atoms with Crippen LogP contribution in [-0.4, -0.2) is 10.8 Å². The van der Waals surface area contributed by atoms with Gasteiger partial charge >= 0.3 is 0 Å². The van der Waals surface area contributed by atoms with Crippen LogP contribution in [-0.2, 0) is 4.79 Å². The SMILES string of the molecule is CC(C)(C)C(=O)C(N)c1ccccn1. The number of pyridine rings is 1. The van der Waals surface area contributed by atoms with Crippen LogP contribution in [0.25, 0.3) is 0 Å². The summed E-state index contributed by atoms with van der Waals surface area (Å²) in [7, 11) is 0. The molecule has 1 rings (SSSR count). The molecule has 0 fully saturated rings. The van der Waals surface area contributed by atoms with Crippen LogP contribution in [0, 0.1) is 5.41 Å². The fraction of sp³-hybridized carbons (Fsp3) is 0.455. The molecule has 1 atom stereocenters. The lowest BCUT2D eigenvalue weighted by Gasteiger charge is -2.21. The minimum atomic E-state index is -0.615. The van der Waals surface area contributed by atoms with Gasteiger partial charge in [0.2, 0.25) is 0 Å². The Morgan fingerprint density at radius 2 is 2.07 bits per heavy atom. The number of nitrogens with zero attached hydrogens (tertiary/aromatic N) is 1. The molecule has 1 aromatic rings. The van der Waals surface area contributed by atoms with Gasteiger partial charge in [0.15, 0.2) is 5.78 Å². The van der Waals surface area contributed by atoms with Crippen molar-refractivity contribution in [3.8, 4) is 0 Å².